The smallest absolute Gasteiger partial charge is 0.323 e. The second kappa shape index (κ2) is 8.58. The Morgan fingerprint density at radius 1 is 1.26 bits per heavy atom. The van der Waals surface area contributed by atoms with Gasteiger partial charge in [-0.3, -0.25) is 9.59 Å². The highest BCUT2D eigenvalue weighted by Crippen LogP contribution is 2.05. The minimum absolute atomic E-state index is 0.0901. The lowest BCUT2D eigenvalue weighted by molar-refractivity contribution is -0.144. The van der Waals surface area contributed by atoms with Gasteiger partial charge >= 0.3 is 5.97 Å². The van der Waals surface area contributed by atoms with Crippen LogP contribution in [-0.2, 0) is 16.0 Å². The van der Waals surface area contributed by atoms with Gasteiger partial charge in [-0.15, -0.1) is 0 Å². The molecule has 104 valence electrons. The van der Waals surface area contributed by atoms with Gasteiger partial charge in [0.25, 0.3) is 0 Å². The lowest BCUT2D eigenvalue weighted by Crippen LogP contribution is -2.37. The Morgan fingerprint density at radius 2 is 1.95 bits per heavy atom. The molecule has 0 spiro atoms. The molecule has 0 aliphatic heterocycles. The van der Waals surface area contributed by atoms with Crippen LogP contribution in [0, 0.1) is 0 Å². The Kier molecular flexibility index (Phi) is 7.03. The fourth-order valence-electron chi connectivity index (χ4n) is 1.71. The van der Waals surface area contributed by atoms with Gasteiger partial charge in [-0.1, -0.05) is 30.3 Å². The first-order chi connectivity index (χ1) is 9.13. The van der Waals surface area contributed by atoms with Crippen LogP contribution in [0.4, 0.5) is 0 Å². The minimum Gasteiger partial charge on any atom is -0.480 e. The maximum Gasteiger partial charge on any atom is 0.323 e. The van der Waals surface area contributed by atoms with E-state index in [4.69, 9.17) is 5.11 Å². The molecule has 0 unspecified atom stereocenters. The predicted octanol–water partition coefficient (Wildman–Crippen LogP) is 1.90. The number of rotatable bonds is 8. The van der Waals surface area contributed by atoms with E-state index in [1.807, 2.05) is 36.6 Å². The topological polar surface area (TPSA) is 57.6 Å². The van der Waals surface area contributed by atoms with E-state index < -0.39 is 5.97 Å². The van der Waals surface area contributed by atoms with Crippen LogP contribution in [0.5, 0.6) is 0 Å². The van der Waals surface area contributed by atoms with Crippen LogP contribution in [0.1, 0.15) is 12.0 Å². The second-order valence-corrected chi connectivity index (χ2v) is 5.17. The predicted molar refractivity (Wildman–Crippen MR) is 77.4 cm³/mol. The molecule has 4 nitrogen and oxygen atoms in total. The quantitative estimate of drug-likeness (QED) is 0.790. The highest BCUT2D eigenvalue weighted by atomic mass is 32.2. The summed E-state index contributed by atoms with van der Waals surface area (Å²) in [5.74, 6) is -0.335. The molecule has 0 aromatic heterocycles. The van der Waals surface area contributed by atoms with Crippen molar-refractivity contribution >= 4 is 23.6 Å². The highest BCUT2D eigenvalue weighted by Gasteiger charge is 2.15. The van der Waals surface area contributed by atoms with E-state index in [9.17, 15) is 9.59 Å². The molecule has 0 atom stereocenters. The summed E-state index contributed by atoms with van der Waals surface area (Å²) in [6.07, 6.45) is 3.00. The van der Waals surface area contributed by atoms with E-state index in [0.717, 1.165) is 11.3 Å². The number of nitrogens with zero attached hydrogens (tertiary/aromatic N) is 1. The molecule has 1 amide bonds. The molecule has 0 fully saturated rings. The van der Waals surface area contributed by atoms with Gasteiger partial charge in [0.15, 0.2) is 0 Å². The number of carbonyl (C=O) groups is 2. The van der Waals surface area contributed by atoms with Crippen molar-refractivity contribution in [1.82, 2.24) is 4.90 Å². The average Bonchev–Trinajstić information content (AvgIpc) is 2.41. The molecule has 1 aromatic rings. The number of benzene rings is 1. The van der Waals surface area contributed by atoms with Crippen LogP contribution in [0.25, 0.3) is 0 Å². The summed E-state index contributed by atoms with van der Waals surface area (Å²) in [5.41, 5.74) is 1.11. The molecule has 0 bridgehead atoms. The van der Waals surface area contributed by atoms with Crippen molar-refractivity contribution in [3.05, 3.63) is 35.9 Å². The number of thioether (sulfide) groups is 1. The van der Waals surface area contributed by atoms with Crippen LogP contribution in [-0.4, -0.2) is 47.0 Å². The third-order valence-corrected chi connectivity index (χ3v) is 3.32. The molecule has 1 N–H and O–H groups in total. The summed E-state index contributed by atoms with van der Waals surface area (Å²) in [7, 11) is 0. The van der Waals surface area contributed by atoms with Crippen LogP contribution in [0.3, 0.4) is 0 Å². The van der Waals surface area contributed by atoms with Crippen molar-refractivity contribution in [2.24, 2.45) is 0 Å². The maximum absolute atomic E-state index is 11.9. The van der Waals surface area contributed by atoms with Gasteiger partial charge in [-0.2, -0.15) is 11.8 Å². The van der Waals surface area contributed by atoms with Gasteiger partial charge in [0, 0.05) is 18.7 Å². The zero-order valence-electron chi connectivity index (χ0n) is 11.0. The van der Waals surface area contributed by atoms with E-state index in [1.54, 1.807) is 11.8 Å². The fourth-order valence-corrected chi connectivity index (χ4v) is 2.09. The molecule has 0 aliphatic rings. The first-order valence-electron chi connectivity index (χ1n) is 6.16. The monoisotopic (exact) mass is 281 g/mol. The largest absolute Gasteiger partial charge is 0.480 e. The van der Waals surface area contributed by atoms with E-state index in [0.29, 0.717) is 19.4 Å². The number of carbonyl (C=O) groups excluding carboxylic acids is 1. The number of hydrogen-bond acceptors (Lipinski definition) is 3. The van der Waals surface area contributed by atoms with Crippen molar-refractivity contribution in [3.63, 3.8) is 0 Å². The molecule has 0 heterocycles. The van der Waals surface area contributed by atoms with Crippen molar-refractivity contribution in [2.45, 2.75) is 12.8 Å². The normalized spacial score (nSPS) is 10.2. The number of amides is 1. The fraction of sp³-hybridized carbons (Fsp3) is 0.429. The molecular formula is C14H19NO3S. The molecule has 0 radical (unpaired) electrons. The lowest BCUT2D eigenvalue weighted by Gasteiger charge is -2.20. The Hall–Kier alpha value is -1.49. The van der Waals surface area contributed by atoms with Gasteiger partial charge in [0.05, 0.1) is 0 Å². The first kappa shape index (κ1) is 15.6. The molecule has 0 saturated carbocycles. The summed E-state index contributed by atoms with van der Waals surface area (Å²) < 4.78 is 0. The standard InChI is InChI=1S/C14H19NO3S/c1-19-10-8-13(16)15(11-14(17)18)9-7-12-5-3-2-4-6-12/h2-6H,7-11H2,1H3,(H,17,18). The molecule has 0 aliphatic carbocycles. The summed E-state index contributed by atoms with van der Waals surface area (Å²) in [5, 5.41) is 8.86. The average molecular weight is 281 g/mol. The van der Waals surface area contributed by atoms with Crippen LogP contribution in [0.2, 0.25) is 0 Å². The number of carboxylic acid groups (broad SMARTS) is 1. The van der Waals surface area contributed by atoms with Gasteiger partial charge < -0.3 is 10.0 Å². The summed E-state index contributed by atoms with van der Waals surface area (Å²) in [6, 6.07) is 9.76. The molecule has 19 heavy (non-hydrogen) atoms. The SMILES string of the molecule is CSCCC(=O)N(CCc1ccccc1)CC(=O)O. The van der Waals surface area contributed by atoms with Gasteiger partial charge in [0.1, 0.15) is 6.54 Å². The molecule has 1 rings (SSSR count). The summed E-state index contributed by atoms with van der Waals surface area (Å²) >= 11 is 1.59. The summed E-state index contributed by atoms with van der Waals surface area (Å²) in [6.45, 7) is 0.226. The van der Waals surface area contributed by atoms with Gasteiger partial charge in [0.2, 0.25) is 5.91 Å². The minimum atomic E-state index is -0.967. The Labute approximate surface area is 117 Å². The van der Waals surface area contributed by atoms with E-state index >= 15 is 0 Å². The molecular weight excluding hydrogens is 262 g/mol. The third-order valence-electron chi connectivity index (χ3n) is 2.71. The molecule has 5 heteroatoms. The zero-order valence-corrected chi connectivity index (χ0v) is 11.9. The number of hydrogen-bond donors (Lipinski definition) is 1. The Morgan fingerprint density at radius 3 is 2.53 bits per heavy atom. The van der Waals surface area contributed by atoms with Crippen molar-refractivity contribution in [1.29, 1.82) is 0 Å². The number of aliphatic carboxylic acids is 1. The Bertz CT molecular complexity index is 408. The van der Waals surface area contributed by atoms with E-state index in [-0.39, 0.29) is 12.5 Å². The van der Waals surface area contributed by atoms with Gasteiger partial charge in [-0.05, 0) is 18.2 Å². The van der Waals surface area contributed by atoms with Crippen LogP contribution >= 0.6 is 11.8 Å². The Balaban J connectivity index is 2.54. The molecule has 1 aromatic carbocycles. The lowest BCUT2D eigenvalue weighted by atomic mass is 10.1. The third kappa shape index (κ3) is 6.29. The zero-order chi connectivity index (χ0) is 14.1. The van der Waals surface area contributed by atoms with Gasteiger partial charge in [-0.25, -0.2) is 0 Å². The maximum atomic E-state index is 11.9. The highest BCUT2D eigenvalue weighted by molar-refractivity contribution is 7.98. The molecule has 0 saturated heterocycles. The first-order valence-corrected chi connectivity index (χ1v) is 7.55. The van der Waals surface area contributed by atoms with Crippen molar-refractivity contribution in [2.75, 3.05) is 25.1 Å². The van der Waals surface area contributed by atoms with Crippen molar-refractivity contribution in [3.8, 4) is 0 Å². The van der Waals surface area contributed by atoms with Crippen molar-refractivity contribution < 1.29 is 14.7 Å². The van der Waals surface area contributed by atoms with Crippen LogP contribution in [0.15, 0.2) is 30.3 Å². The summed E-state index contributed by atoms with van der Waals surface area (Å²) in [4.78, 5) is 24.1. The van der Waals surface area contributed by atoms with E-state index in [1.165, 1.54) is 4.90 Å². The van der Waals surface area contributed by atoms with Crippen LogP contribution < -0.4 is 0 Å². The second-order valence-electron chi connectivity index (χ2n) is 4.19. The number of carboxylic acids is 1. The van der Waals surface area contributed by atoms with E-state index in [2.05, 4.69) is 0 Å².